The maximum absolute atomic E-state index is 12.7. The zero-order valence-electron chi connectivity index (χ0n) is 14.5. The summed E-state index contributed by atoms with van der Waals surface area (Å²) in [5.74, 6) is 1.59. The van der Waals surface area contributed by atoms with E-state index in [-0.39, 0.29) is 5.91 Å². The highest BCUT2D eigenvalue weighted by Crippen LogP contribution is 2.32. The Labute approximate surface area is 143 Å². The highest BCUT2D eigenvalue weighted by Gasteiger charge is 2.21. The minimum atomic E-state index is 0.0988. The molecule has 0 radical (unpaired) electrons. The van der Waals surface area contributed by atoms with Crippen molar-refractivity contribution in [2.75, 3.05) is 27.3 Å². The molecule has 0 N–H and O–H groups in total. The van der Waals surface area contributed by atoms with E-state index in [2.05, 4.69) is 0 Å². The van der Waals surface area contributed by atoms with Crippen LogP contribution in [0.15, 0.2) is 36.4 Å². The summed E-state index contributed by atoms with van der Waals surface area (Å²) in [6.07, 6.45) is 1.65. The summed E-state index contributed by atoms with van der Waals surface area (Å²) in [5, 5.41) is 0. The fourth-order valence-electron chi connectivity index (χ4n) is 3.13. The quantitative estimate of drug-likeness (QED) is 0.869. The van der Waals surface area contributed by atoms with Gasteiger partial charge in [0, 0.05) is 18.7 Å². The number of benzene rings is 2. The van der Waals surface area contributed by atoms with Crippen LogP contribution in [0.3, 0.4) is 0 Å². The monoisotopic (exact) mass is 325 g/mol. The number of ether oxygens (including phenoxy) is 2. The Kier molecular flexibility index (Phi) is 4.74. The molecule has 0 saturated carbocycles. The number of nitrogens with zero attached hydrogens (tertiary/aromatic N) is 1. The molecule has 1 heterocycles. The standard InChI is InChI=1S/C20H23NO3/c1-14-4-6-15(7-5-14)20(22)21-10-8-16-12-18(23-2)19(24-3)13-17(16)9-11-21/h4-7,12-13H,8-11H2,1-3H3. The smallest absolute Gasteiger partial charge is 0.253 e. The number of fused-ring (bicyclic) bond motifs is 1. The van der Waals surface area contributed by atoms with E-state index in [1.807, 2.05) is 48.2 Å². The predicted octanol–water partition coefficient (Wildman–Crippen LogP) is 3.25. The summed E-state index contributed by atoms with van der Waals surface area (Å²) in [5.41, 5.74) is 4.37. The fourth-order valence-corrected chi connectivity index (χ4v) is 3.13. The highest BCUT2D eigenvalue weighted by atomic mass is 16.5. The molecular weight excluding hydrogens is 302 g/mol. The number of hydrogen-bond acceptors (Lipinski definition) is 3. The third-order valence-electron chi connectivity index (χ3n) is 4.59. The Bertz CT molecular complexity index is 702. The SMILES string of the molecule is COc1cc2c(cc1OC)CCN(C(=O)c1ccc(C)cc1)CC2. The van der Waals surface area contributed by atoms with E-state index in [9.17, 15) is 4.79 Å². The van der Waals surface area contributed by atoms with E-state index in [0.717, 1.165) is 48.6 Å². The van der Waals surface area contributed by atoms with Crippen molar-refractivity contribution in [3.05, 3.63) is 58.7 Å². The Balaban J connectivity index is 1.80. The van der Waals surface area contributed by atoms with Crippen LogP contribution >= 0.6 is 0 Å². The first-order valence-corrected chi connectivity index (χ1v) is 8.22. The van der Waals surface area contributed by atoms with Crippen molar-refractivity contribution < 1.29 is 14.3 Å². The normalized spacial score (nSPS) is 13.9. The second kappa shape index (κ2) is 6.95. The Morgan fingerprint density at radius 2 is 1.42 bits per heavy atom. The number of amides is 1. The van der Waals surface area contributed by atoms with E-state index in [1.54, 1.807) is 14.2 Å². The van der Waals surface area contributed by atoms with Gasteiger partial charge in [0.15, 0.2) is 11.5 Å². The predicted molar refractivity (Wildman–Crippen MR) is 94.0 cm³/mol. The molecule has 2 aromatic carbocycles. The lowest BCUT2D eigenvalue weighted by molar-refractivity contribution is 0.0763. The average molecular weight is 325 g/mol. The van der Waals surface area contributed by atoms with Crippen molar-refractivity contribution >= 4 is 5.91 Å². The molecule has 0 fully saturated rings. The van der Waals surface area contributed by atoms with Crippen molar-refractivity contribution in [1.29, 1.82) is 0 Å². The molecular formula is C20H23NO3. The molecule has 3 rings (SSSR count). The van der Waals surface area contributed by atoms with Crippen molar-refractivity contribution in [1.82, 2.24) is 4.90 Å². The van der Waals surface area contributed by atoms with Gasteiger partial charge in [-0.05, 0) is 55.2 Å². The van der Waals surface area contributed by atoms with Gasteiger partial charge in [-0.2, -0.15) is 0 Å². The Morgan fingerprint density at radius 1 is 0.917 bits per heavy atom. The van der Waals surface area contributed by atoms with Gasteiger partial charge in [0.25, 0.3) is 5.91 Å². The lowest BCUT2D eigenvalue weighted by Gasteiger charge is -2.20. The van der Waals surface area contributed by atoms with E-state index in [0.29, 0.717) is 0 Å². The molecule has 1 aliphatic rings. The molecule has 2 aromatic rings. The molecule has 126 valence electrons. The number of carbonyl (C=O) groups is 1. The van der Waals surface area contributed by atoms with Crippen molar-refractivity contribution in [3.63, 3.8) is 0 Å². The first-order valence-electron chi connectivity index (χ1n) is 8.22. The second-order valence-corrected chi connectivity index (χ2v) is 6.13. The molecule has 1 aliphatic heterocycles. The zero-order valence-corrected chi connectivity index (χ0v) is 14.5. The average Bonchev–Trinajstić information content (AvgIpc) is 2.82. The molecule has 0 saturated heterocycles. The summed E-state index contributed by atoms with van der Waals surface area (Å²) >= 11 is 0. The highest BCUT2D eigenvalue weighted by molar-refractivity contribution is 5.94. The minimum Gasteiger partial charge on any atom is -0.493 e. The topological polar surface area (TPSA) is 38.8 Å². The van der Waals surface area contributed by atoms with Gasteiger partial charge >= 0.3 is 0 Å². The van der Waals surface area contributed by atoms with Crippen LogP contribution in [0, 0.1) is 6.92 Å². The van der Waals surface area contributed by atoms with E-state index in [1.165, 1.54) is 11.1 Å². The largest absolute Gasteiger partial charge is 0.493 e. The van der Waals surface area contributed by atoms with Crippen LogP contribution in [0.5, 0.6) is 11.5 Å². The van der Waals surface area contributed by atoms with E-state index >= 15 is 0 Å². The summed E-state index contributed by atoms with van der Waals surface area (Å²) in [6.45, 7) is 3.46. The van der Waals surface area contributed by atoms with Crippen molar-refractivity contribution in [3.8, 4) is 11.5 Å². The lowest BCUT2D eigenvalue weighted by Crippen LogP contribution is -2.33. The summed E-state index contributed by atoms with van der Waals surface area (Å²) < 4.78 is 10.8. The van der Waals surface area contributed by atoms with Crippen molar-refractivity contribution in [2.45, 2.75) is 19.8 Å². The second-order valence-electron chi connectivity index (χ2n) is 6.13. The van der Waals surface area contributed by atoms with Crippen LogP contribution < -0.4 is 9.47 Å². The Morgan fingerprint density at radius 3 is 1.88 bits per heavy atom. The van der Waals surface area contributed by atoms with Gasteiger partial charge in [-0.25, -0.2) is 0 Å². The van der Waals surface area contributed by atoms with Crippen LogP contribution in [0.2, 0.25) is 0 Å². The summed E-state index contributed by atoms with van der Waals surface area (Å²) in [7, 11) is 3.29. The molecule has 0 aromatic heterocycles. The lowest BCUT2D eigenvalue weighted by atomic mass is 10.0. The molecule has 0 atom stereocenters. The van der Waals surface area contributed by atoms with Crippen LogP contribution in [0.1, 0.15) is 27.0 Å². The zero-order chi connectivity index (χ0) is 17.1. The molecule has 4 nitrogen and oxygen atoms in total. The van der Waals surface area contributed by atoms with Crippen LogP contribution in [0.4, 0.5) is 0 Å². The van der Waals surface area contributed by atoms with Gasteiger partial charge in [-0.3, -0.25) is 4.79 Å². The third-order valence-corrected chi connectivity index (χ3v) is 4.59. The van der Waals surface area contributed by atoms with Gasteiger partial charge in [0.05, 0.1) is 14.2 Å². The maximum Gasteiger partial charge on any atom is 0.253 e. The van der Waals surface area contributed by atoms with Crippen molar-refractivity contribution in [2.24, 2.45) is 0 Å². The molecule has 0 bridgehead atoms. The van der Waals surface area contributed by atoms with E-state index in [4.69, 9.17) is 9.47 Å². The molecule has 0 unspecified atom stereocenters. The van der Waals surface area contributed by atoms with Gasteiger partial charge in [0.2, 0.25) is 0 Å². The molecule has 0 aliphatic carbocycles. The maximum atomic E-state index is 12.7. The minimum absolute atomic E-state index is 0.0988. The third kappa shape index (κ3) is 3.23. The molecule has 1 amide bonds. The number of rotatable bonds is 3. The Hall–Kier alpha value is -2.49. The first-order chi connectivity index (χ1) is 11.6. The van der Waals surface area contributed by atoms with E-state index < -0.39 is 0 Å². The summed E-state index contributed by atoms with van der Waals surface area (Å²) in [4.78, 5) is 14.7. The number of hydrogen-bond donors (Lipinski definition) is 0. The van der Waals surface area contributed by atoms with Crippen LogP contribution in [-0.2, 0) is 12.8 Å². The molecule has 24 heavy (non-hydrogen) atoms. The van der Waals surface area contributed by atoms with Gasteiger partial charge in [-0.15, -0.1) is 0 Å². The fraction of sp³-hybridized carbons (Fsp3) is 0.350. The molecule has 0 spiro atoms. The first kappa shape index (κ1) is 16.4. The number of aryl methyl sites for hydroxylation is 1. The molecule has 4 heteroatoms. The van der Waals surface area contributed by atoms with Crippen LogP contribution in [-0.4, -0.2) is 38.1 Å². The van der Waals surface area contributed by atoms with Gasteiger partial charge in [-0.1, -0.05) is 17.7 Å². The van der Waals surface area contributed by atoms with Crippen LogP contribution in [0.25, 0.3) is 0 Å². The summed E-state index contributed by atoms with van der Waals surface area (Å²) in [6, 6.07) is 11.8. The van der Waals surface area contributed by atoms with Gasteiger partial charge in [0.1, 0.15) is 0 Å². The van der Waals surface area contributed by atoms with Gasteiger partial charge < -0.3 is 14.4 Å². The number of carbonyl (C=O) groups excluding carboxylic acids is 1. The number of methoxy groups -OCH3 is 2.